The summed E-state index contributed by atoms with van der Waals surface area (Å²) >= 11 is 0. The number of hydrogen-bond acceptors (Lipinski definition) is 3. The summed E-state index contributed by atoms with van der Waals surface area (Å²) in [6.45, 7) is 3.06. The van der Waals surface area contributed by atoms with Gasteiger partial charge >= 0.3 is 6.03 Å². The number of fused-ring (bicyclic) bond motifs is 5. The summed E-state index contributed by atoms with van der Waals surface area (Å²) in [5.41, 5.74) is 3.33. The molecule has 5 nitrogen and oxygen atoms in total. The number of nitrogens with one attached hydrogen (secondary N) is 2. The summed E-state index contributed by atoms with van der Waals surface area (Å²) in [5.74, 6) is 0.731. The van der Waals surface area contributed by atoms with Crippen molar-refractivity contribution in [2.75, 3.05) is 6.54 Å². The van der Waals surface area contributed by atoms with Gasteiger partial charge in [0.1, 0.15) is 5.60 Å². The van der Waals surface area contributed by atoms with Gasteiger partial charge < -0.3 is 15.7 Å². The molecule has 2 fully saturated rings. The maximum Gasteiger partial charge on any atom is 0.315 e. The summed E-state index contributed by atoms with van der Waals surface area (Å²) in [4.78, 5) is 15.8. The fourth-order valence-electron chi connectivity index (χ4n) is 7.47. The minimum absolute atomic E-state index is 0.183. The van der Waals surface area contributed by atoms with E-state index in [2.05, 4.69) is 39.8 Å². The first-order valence-electron chi connectivity index (χ1n) is 14.8. The molecule has 5 heteroatoms. The SMILES string of the molecule is C[C@@H](NC(=O)NC1CCC(CCN2[C@@H]3CC[C@H]2c2ccccc23)CC1)C(O)(c1ccccc1)c1ccccc1. The lowest BCUT2D eigenvalue weighted by Crippen LogP contribution is -2.54. The molecule has 1 saturated heterocycles. The number of carbonyl (C=O) groups is 1. The molecule has 0 spiro atoms. The quantitative estimate of drug-likeness (QED) is 0.318. The Bertz CT molecular complexity index is 1190. The molecule has 3 atom stereocenters. The minimum Gasteiger partial charge on any atom is -0.378 e. The second-order valence-electron chi connectivity index (χ2n) is 11.8. The van der Waals surface area contributed by atoms with Crippen LogP contribution >= 0.6 is 0 Å². The molecule has 1 aliphatic carbocycles. The van der Waals surface area contributed by atoms with Crippen molar-refractivity contribution in [1.82, 2.24) is 15.5 Å². The van der Waals surface area contributed by atoms with Crippen molar-refractivity contribution in [2.24, 2.45) is 5.92 Å². The lowest BCUT2D eigenvalue weighted by atomic mass is 9.81. The van der Waals surface area contributed by atoms with Crippen LogP contribution in [0, 0.1) is 5.92 Å². The predicted octanol–water partition coefficient (Wildman–Crippen LogP) is 6.45. The number of urea groups is 1. The van der Waals surface area contributed by atoms with E-state index in [0.29, 0.717) is 12.1 Å². The Labute approximate surface area is 232 Å². The molecule has 2 bridgehead atoms. The van der Waals surface area contributed by atoms with Gasteiger partial charge in [-0.3, -0.25) is 4.90 Å². The van der Waals surface area contributed by atoms with E-state index in [4.69, 9.17) is 0 Å². The molecule has 0 unspecified atom stereocenters. The van der Waals surface area contributed by atoms with Gasteiger partial charge in [0.15, 0.2) is 0 Å². The molecule has 3 N–H and O–H groups in total. The molecule has 6 rings (SSSR count). The first-order valence-corrected chi connectivity index (χ1v) is 14.8. The topological polar surface area (TPSA) is 64.6 Å². The maximum atomic E-state index is 13.1. The Morgan fingerprint density at radius 1 is 0.821 bits per heavy atom. The van der Waals surface area contributed by atoms with E-state index in [1.165, 1.54) is 25.8 Å². The van der Waals surface area contributed by atoms with E-state index in [1.54, 1.807) is 11.1 Å². The fourth-order valence-corrected chi connectivity index (χ4v) is 7.47. The van der Waals surface area contributed by atoms with Gasteiger partial charge in [0.2, 0.25) is 0 Å². The van der Waals surface area contributed by atoms with Gasteiger partial charge in [-0.15, -0.1) is 0 Å². The average molecular weight is 524 g/mol. The van der Waals surface area contributed by atoms with Crippen molar-refractivity contribution < 1.29 is 9.90 Å². The molecule has 2 amide bonds. The van der Waals surface area contributed by atoms with E-state index in [0.717, 1.165) is 42.7 Å². The normalized spacial score (nSPS) is 25.2. The van der Waals surface area contributed by atoms with Gasteiger partial charge in [0.25, 0.3) is 0 Å². The Kier molecular flexibility index (Phi) is 7.46. The zero-order valence-electron chi connectivity index (χ0n) is 22.9. The molecular formula is C34H41N3O2. The highest BCUT2D eigenvalue weighted by molar-refractivity contribution is 5.75. The molecule has 2 heterocycles. The monoisotopic (exact) mass is 523 g/mol. The minimum atomic E-state index is -1.33. The zero-order chi connectivity index (χ0) is 26.8. The largest absolute Gasteiger partial charge is 0.378 e. The number of aliphatic hydroxyl groups is 1. The Balaban J connectivity index is 1.00. The van der Waals surface area contributed by atoms with E-state index in [9.17, 15) is 9.90 Å². The number of hydrogen-bond donors (Lipinski definition) is 3. The highest BCUT2D eigenvalue weighted by Gasteiger charge is 2.43. The van der Waals surface area contributed by atoms with Gasteiger partial charge in [-0.05, 0) is 86.6 Å². The second-order valence-corrected chi connectivity index (χ2v) is 11.8. The summed E-state index contributed by atoms with van der Waals surface area (Å²) in [6.07, 6.45) is 8.20. The van der Waals surface area contributed by atoms with Gasteiger partial charge in [-0.2, -0.15) is 0 Å². The summed E-state index contributed by atoms with van der Waals surface area (Å²) in [5, 5.41) is 18.2. The summed E-state index contributed by atoms with van der Waals surface area (Å²) < 4.78 is 0. The van der Waals surface area contributed by atoms with Gasteiger partial charge in [0, 0.05) is 18.1 Å². The van der Waals surface area contributed by atoms with Crippen LogP contribution in [0.3, 0.4) is 0 Å². The second kappa shape index (κ2) is 11.1. The van der Waals surface area contributed by atoms with Crippen LogP contribution < -0.4 is 10.6 Å². The molecule has 2 aliphatic heterocycles. The van der Waals surface area contributed by atoms with Crippen molar-refractivity contribution in [1.29, 1.82) is 0 Å². The third kappa shape index (κ3) is 5.10. The van der Waals surface area contributed by atoms with Crippen LogP contribution in [0.1, 0.15) is 86.2 Å². The molecular weight excluding hydrogens is 482 g/mol. The van der Waals surface area contributed by atoms with Crippen LogP contribution in [-0.2, 0) is 5.60 Å². The molecule has 0 aromatic heterocycles. The summed E-state index contributed by atoms with van der Waals surface area (Å²) in [7, 11) is 0. The van der Waals surface area contributed by atoms with Crippen LogP contribution in [0.15, 0.2) is 84.9 Å². The van der Waals surface area contributed by atoms with Crippen LogP contribution in [0.2, 0.25) is 0 Å². The van der Waals surface area contributed by atoms with Crippen molar-refractivity contribution in [3.05, 3.63) is 107 Å². The van der Waals surface area contributed by atoms with Crippen LogP contribution in [0.4, 0.5) is 4.79 Å². The maximum absolute atomic E-state index is 13.1. The average Bonchev–Trinajstić information content (AvgIpc) is 3.53. The smallest absolute Gasteiger partial charge is 0.315 e. The van der Waals surface area contributed by atoms with E-state index in [-0.39, 0.29) is 12.1 Å². The predicted molar refractivity (Wildman–Crippen MR) is 155 cm³/mol. The lowest BCUT2D eigenvalue weighted by molar-refractivity contribution is 0.0470. The number of nitrogens with zero attached hydrogens (tertiary/aromatic N) is 1. The van der Waals surface area contributed by atoms with Crippen LogP contribution in [0.25, 0.3) is 0 Å². The van der Waals surface area contributed by atoms with E-state index < -0.39 is 11.6 Å². The van der Waals surface area contributed by atoms with E-state index >= 15 is 0 Å². The molecule has 39 heavy (non-hydrogen) atoms. The molecule has 3 aliphatic rings. The standard InChI is InChI=1S/C34H41N3O2/c1-24(34(39,26-10-4-2-5-11-26)27-12-6-3-7-13-27)35-33(38)36-28-18-16-25(17-19-28)22-23-37-31-20-21-32(37)30-15-9-8-14-29(30)31/h2-15,24-25,28,31-32,39H,16-23H2,1H3,(H2,35,36,38)/t24-,25?,28?,31-,32+/m1/s1. The Morgan fingerprint density at radius 3 is 1.87 bits per heavy atom. The lowest BCUT2D eigenvalue weighted by Gasteiger charge is -2.36. The molecule has 0 radical (unpaired) electrons. The summed E-state index contributed by atoms with van der Waals surface area (Å²) in [6, 6.07) is 28.9. The Morgan fingerprint density at radius 2 is 1.33 bits per heavy atom. The van der Waals surface area contributed by atoms with Crippen molar-refractivity contribution >= 4 is 6.03 Å². The molecule has 1 saturated carbocycles. The first kappa shape index (κ1) is 26.1. The van der Waals surface area contributed by atoms with Crippen molar-refractivity contribution in [3.8, 4) is 0 Å². The highest BCUT2D eigenvalue weighted by Crippen LogP contribution is 2.53. The van der Waals surface area contributed by atoms with E-state index in [1.807, 2.05) is 67.6 Å². The van der Waals surface area contributed by atoms with Gasteiger partial charge in [0.05, 0.1) is 6.04 Å². The Hall–Kier alpha value is -3.15. The number of carbonyl (C=O) groups excluding carboxylic acids is 1. The molecule has 3 aromatic rings. The number of rotatable bonds is 8. The first-order chi connectivity index (χ1) is 19.0. The van der Waals surface area contributed by atoms with Crippen molar-refractivity contribution in [3.63, 3.8) is 0 Å². The molecule has 204 valence electrons. The third-order valence-electron chi connectivity index (χ3n) is 9.61. The van der Waals surface area contributed by atoms with Gasteiger partial charge in [-0.25, -0.2) is 4.79 Å². The fraction of sp³-hybridized carbons (Fsp3) is 0.441. The number of amides is 2. The third-order valence-corrected chi connectivity index (χ3v) is 9.61. The molecule has 3 aromatic carbocycles. The number of benzene rings is 3. The zero-order valence-corrected chi connectivity index (χ0v) is 22.9. The van der Waals surface area contributed by atoms with Crippen molar-refractivity contribution in [2.45, 2.75) is 81.6 Å². The van der Waals surface area contributed by atoms with Crippen LogP contribution in [0.5, 0.6) is 0 Å². The van der Waals surface area contributed by atoms with Crippen LogP contribution in [-0.4, -0.2) is 34.7 Å². The highest BCUT2D eigenvalue weighted by atomic mass is 16.3. The van der Waals surface area contributed by atoms with Gasteiger partial charge in [-0.1, -0.05) is 84.9 Å².